The van der Waals surface area contributed by atoms with Crippen LogP contribution in [0.3, 0.4) is 0 Å². The smallest absolute Gasteiger partial charge is 0.257 e. The van der Waals surface area contributed by atoms with Crippen LogP contribution in [0.1, 0.15) is 16.8 Å². The molecule has 2 aliphatic heterocycles. The van der Waals surface area contributed by atoms with Gasteiger partial charge in [-0.25, -0.2) is 14.4 Å². The van der Waals surface area contributed by atoms with E-state index >= 15 is 0 Å². The summed E-state index contributed by atoms with van der Waals surface area (Å²) >= 11 is 0. The van der Waals surface area contributed by atoms with Crippen molar-refractivity contribution in [2.24, 2.45) is 5.92 Å². The summed E-state index contributed by atoms with van der Waals surface area (Å²) in [6.07, 6.45) is 6.70. The first-order valence-corrected chi connectivity index (χ1v) is 8.75. The van der Waals surface area contributed by atoms with Gasteiger partial charge in [-0.15, -0.1) is 0 Å². The Kier molecular flexibility index (Phi) is 4.75. The number of aromatic nitrogens is 3. The monoisotopic (exact) mass is 357 g/mol. The lowest BCUT2D eigenvalue weighted by Crippen LogP contribution is -2.49. The van der Waals surface area contributed by atoms with Crippen LogP contribution >= 0.6 is 0 Å². The Morgan fingerprint density at radius 2 is 2.04 bits per heavy atom. The van der Waals surface area contributed by atoms with E-state index in [1.54, 1.807) is 23.4 Å². The van der Waals surface area contributed by atoms with Gasteiger partial charge in [0.2, 0.25) is 5.95 Å². The van der Waals surface area contributed by atoms with E-state index in [0.29, 0.717) is 32.2 Å². The fourth-order valence-corrected chi connectivity index (χ4v) is 3.59. The van der Waals surface area contributed by atoms with E-state index in [9.17, 15) is 9.18 Å². The van der Waals surface area contributed by atoms with E-state index in [1.807, 2.05) is 0 Å². The number of nitrogens with zero attached hydrogens (tertiary/aromatic N) is 5. The number of pyridine rings is 1. The van der Waals surface area contributed by atoms with Gasteiger partial charge in [-0.3, -0.25) is 9.78 Å². The topological polar surface area (TPSA) is 71.5 Å². The summed E-state index contributed by atoms with van der Waals surface area (Å²) in [6, 6.07) is 3.22. The molecular formula is C18H20FN5O2. The van der Waals surface area contributed by atoms with Crippen molar-refractivity contribution < 1.29 is 13.9 Å². The van der Waals surface area contributed by atoms with E-state index in [0.717, 1.165) is 19.2 Å². The molecule has 0 aromatic carbocycles. The van der Waals surface area contributed by atoms with Crippen LogP contribution in [0.15, 0.2) is 36.9 Å². The number of likely N-dealkylation sites (tertiary alicyclic amines) is 1. The van der Waals surface area contributed by atoms with Crippen LogP contribution in [0.25, 0.3) is 0 Å². The zero-order valence-electron chi connectivity index (χ0n) is 14.3. The summed E-state index contributed by atoms with van der Waals surface area (Å²) in [5.41, 5.74) is 0.0615. The number of carbonyl (C=O) groups is 1. The van der Waals surface area contributed by atoms with Crippen LogP contribution in [-0.2, 0) is 4.74 Å². The molecule has 0 aliphatic carbocycles. The van der Waals surface area contributed by atoms with E-state index < -0.39 is 5.82 Å². The standard InChI is InChI=1S/C18H20FN5O2/c19-15-10-20-6-2-14(15)17(25)23-7-3-13-11-24(8-9-26-16(13)12-23)18-21-4-1-5-22-18/h1-2,4-6,10,13,16H,3,7-9,11-12H2/t13-,16-/m0/s1. The number of halogens is 1. The van der Waals surface area contributed by atoms with Crippen LogP contribution in [0.2, 0.25) is 0 Å². The molecule has 2 saturated heterocycles. The fourth-order valence-electron chi connectivity index (χ4n) is 3.59. The SMILES string of the molecule is O=C(c1ccncc1F)N1CC[C@H]2CN(c3ncccn3)CCO[C@H]2C1. The van der Waals surface area contributed by atoms with Gasteiger partial charge < -0.3 is 14.5 Å². The lowest BCUT2D eigenvalue weighted by atomic mass is 9.93. The minimum absolute atomic E-state index is 0.0615. The van der Waals surface area contributed by atoms with Gasteiger partial charge in [0, 0.05) is 50.7 Å². The van der Waals surface area contributed by atoms with Gasteiger partial charge >= 0.3 is 0 Å². The van der Waals surface area contributed by atoms with Crippen molar-refractivity contribution in [2.45, 2.75) is 12.5 Å². The van der Waals surface area contributed by atoms with E-state index in [1.165, 1.54) is 12.3 Å². The summed E-state index contributed by atoms with van der Waals surface area (Å²) in [4.78, 5) is 28.8. The van der Waals surface area contributed by atoms with E-state index in [2.05, 4.69) is 19.9 Å². The lowest BCUT2D eigenvalue weighted by molar-refractivity contribution is -0.0170. The zero-order chi connectivity index (χ0) is 17.9. The Labute approximate surface area is 150 Å². The number of fused-ring (bicyclic) bond motifs is 1. The van der Waals surface area contributed by atoms with Crippen molar-refractivity contribution in [3.63, 3.8) is 0 Å². The molecule has 8 heteroatoms. The first-order chi connectivity index (χ1) is 12.7. The molecule has 7 nitrogen and oxygen atoms in total. The van der Waals surface area contributed by atoms with Crippen molar-refractivity contribution in [2.75, 3.05) is 37.7 Å². The number of hydrogen-bond donors (Lipinski definition) is 0. The molecule has 2 atom stereocenters. The first-order valence-electron chi connectivity index (χ1n) is 8.75. The van der Waals surface area contributed by atoms with Crippen molar-refractivity contribution >= 4 is 11.9 Å². The largest absolute Gasteiger partial charge is 0.374 e. The number of anilines is 1. The molecule has 2 fully saturated rings. The molecule has 0 spiro atoms. The zero-order valence-corrected chi connectivity index (χ0v) is 14.3. The molecule has 0 unspecified atom stereocenters. The molecule has 1 amide bonds. The summed E-state index contributed by atoms with van der Waals surface area (Å²) in [7, 11) is 0. The maximum atomic E-state index is 13.9. The van der Waals surface area contributed by atoms with Crippen molar-refractivity contribution in [3.8, 4) is 0 Å². The minimum Gasteiger partial charge on any atom is -0.374 e. The summed E-state index contributed by atoms with van der Waals surface area (Å²) in [5.74, 6) is 0.0926. The molecule has 2 aromatic rings. The van der Waals surface area contributed by atoms with Crippen LogP contribution in [0.4, 0.5) is 10.3 Å². The first kappa shape index (κ1) is 16.8. The fraction of sp³-hybridized carbons (Fsp3) is 0.444. The molecular weight excluding hydrogens is 337 g/mol. The molecule has 0 bridgehead atoms. The van der Waals surface area contributed by atoms with E-state index in [-0.39, 0.29) is 23.5 Å². The van der Waals surface area contributed by atoms with Crippen LogP contribution in [0.5, 0.6) is 0 Å². The predicted molar refractivity (Wildman–Crippen MR) is 92.2 cm³/mol. The summed E-state index contributed by atoms with van der Waals surface area (Å²) in [5, 5.41) is 0. The van der Waals surface area contributed by atoms with Gasteiger partial charge in [0.1, 0.15) is 0 Å². The van der Waals surface area contributed by atoms with Crippen molar-refractivity contribution in [1.82, 2.24) is 19.9 Å². The number of ether oxygens (including phenoxy) is 1. The number of carbonyl (C=O) groups excluding carboxylic acids is 1. The quantitative estimate of drug-likeness (QED) is 0.809. The molecule has 2 aliphatic rings. The van der Waals surface area contributed by atoms with E-state index in [4.69, 9.17) is 4.74 Å². The highest BCUT2D eigenvalue weighted by Crippen LogP contribution is 2.26. The average Bonchev–Trinajstić information content (AvgIpc) is 2.90. The lowest BCUT2D eigenvalue weighted by Gasteiger charge is -2.38. The molecule has 0 N–H and O–H groups in total. The second-order valence-corrected chi connectivity index (χ2v) is 6.56. The Hall–Kier alpha value is -2.61. The third kappa shape index (κ3) is 3.37. The Morgan fingerprint density at radius 3 is 2.85 bits per heavy atom. The third-order valence-electron chi connectivity index (χ3n) is 4.97. The highest BCUT2D eigenvalue weighted by molar-refractivity contribution is 5.94. The second kappa shape index (κ2) is 7.33. The van der Waals surface area contributed by atoms with Gasteiger partial charge in [0.05, 0.1) is 24.5 Å². The van der Waals surface area contributed by atoms with Gasteiger partial charge in [0.15, 0.2) is 5.82 Å². The molecule has 2 aromatic heterocycles. The normalized spacial score (nSPS) is 23.3. The van der Waals surface area contributed by atoms with Crippen LogP contribution in [-0.4, -0.2) is 64.6 Å². The highest BCUT2D eigenvalue weighted by Gasteiger charge is 2.36. The molecule has 0 radical (unpaired) electrons. The summed E-state index contributed by atoms with van der Waals surface area (Å²) < 4.78 is 19.9. The molecule has 4 rings (SSSR count). The Morgan fingerprint density at radius 1 is 1.19 bits per heavy atom. The minimum atomic E-state index is -0.589. The predicted octanol–water partition coefficient (Wildman–Crippen LogP) is 1.38. The van der Waals surface area contributed by atoms with Crippen LogP contribution in [0, 0.1) is 11.7 Å². The summed E-state index contributed by atoms with van der Waals surface area (Å²) in [6.45, 7) is 3.10. The van der Waals surface area contributed by atoms with Crippen LogP contribution < -0.4 is 4.90 Å². The molecule has 0 saturated carbocycles. The number of rotatable bonds is 2. The number of piperidine rings is 1. The maximum Gasteiger partial charge on any atom is 0.257 e. The molecule has 4 heterocycles. The van der Waals surface area contributed by atoms with Gasteiger partial charge in [-0.05, 0) is 18.6 Å². The van der Waals surface area contributed by atoms with Gasteiger partial charge in [-0.2, -0.15) is 0 Å². The second-order valence-electron chi connectivity index (χ2n) is 6.56. The van der Waals surface area contributed by atoms with Gasteiger partial charge in [-0.1, -0.05) is 0 Å². The van der Waals surface area contributed by atoms with Crippen molar-refractivity contribution in [3.05, 3.63) is 48.3 Å². The molecule has 136 valence electrons. The number of hydrogen-bond acceptors (Lipinski definition) is 6. The van der Waals surface area contributed by atoms with Crippen molar-refractivity contribution in [1.29, 1.82) is 0 Å². The Balaban J connectivity index is 1.45. The third-order valence-corrected chi connectivity index (χ3v) is 4.97. The average molecular weight is 357 g/mol. The van der Waals surface area contributed by atoms with Gasteiger partial charge in [0.25, 0.3) is 5.91 Å². The Bertz CT molecular complexity index is 775. The number of amides is 1. The molecule has 26 heavy (non-hydrogen) atoms. The highest BCUT2D eigenvalue weighted by atomic mass is 19.1. The maximum absolute atomic E-state index is 13.9.